The van der Waals surface area contributed by atoms with E-state index in [1.807, 2.05) is 6.92 Å². The summed E-state index contributed by atoms with van der Waals surface area (Å²) in [7, 11) is 0. The Morgan fingerprint density at radius 2 is 1.90 bits per heavy atom. The highest BCUT2D eigenvalue weighted by atomic mass is 14.9. The molecule has 0 saturated heterocycles. The molecule has 0 bridgehead atoms. The SMILES string of the molecule is CC#CCNCC(C)(C)C. The molecule has 0 saturated carbocycles. The molecule has 58 valence electrons. The van der Waals surface area contributed by atoms with Crippen molar-refractivity contribution in [2.45, 2.75) is 27.7 Å². The lowest BCUT2D eigenvalue weighted by atomic mass is 9.97. The molecular weight excluding hydrogens is 122 g/mol. The van der Waals surface area contributed by atoms with Gasteiger partial charge in [0.05, 0.1) is 6.54 Å². The maximum Gasteiger partial charge on any atom is 0.0576 e. The third-order valence-electron chi connectivity index (χ3n) is 1.05. The number of rotatable bonds is 2. The standard InChI is InChI=1S/C9H17N/c1-5-6-7-10-8-9(2,3)4/h10H,7-8H2,1-4H3. The van der Waals surface area contributed by atoms with Crippen molar-refractivity contribution < 1.29 is 0 Å². The highest BCUT2D eigenvalue weighted by Gasteiger charge is 2.07. The van der Waals surface area contributed by atoms with Gasteiger partial charge in [-0.05, 0) is 12.3 Å². The van der Waals surface area contributed by atoms with E-state index in [1.165, 1.54) is 0 Å². The van der Waals surface area contributed by atoms with Crippen molar-refractivity contribution in [2.24, 2.45) is 5.41 Å². The van der Waals surface area contributed by atoms with Gasteiger partial charge in [0.15, 0.2) is 0 Å². The molecule has 0 amide bonds. The van der Waals surface area contributed by atoms with E-state index in [-0.39, 0.29) is 0 Å². The van der Waals surface area contributed by atoms with E-state index in [2.05, 4.69) is 37.9 Å². The van der Waals surface area contributed by atoms with E-state index in [9.17, 15) is 0 Å². The Morgan fingerprint density at radius 1 is 1.30 bits per heavy atom. The average Bonchev–Trinajstić information content (AvgIpc) is 1.78. The molecule has 0 atom stereocenters. The lowest BCUT2D eigenvalue weighted by molar-refractivity contribution is 0.389. The molecule has 0 radical (unpaired) electrons. The summed E-state index contributed by atoms with van der Waals surface area (Å²) >= 11 is 0. The van der Waals surface area contributed by atoms with E-state index in [1.54, 1.807) is 0 Å². The lowest BCUT2D eigenvalue weighted by Crippen LogP contribution is -2.26. The van der Waals surface area contributed by atoms with Crippen LogP contribution in [0.1, 0.15) is 27.7 Å². The molecule has 0 aliphatic rings. The van der Waals surface area contributed by atoms with Crippen LogP contribution < -0.4 is 5.32 Å². The van der Waals surface area contributed by atoms with Gasteiger partial charge in [0.25, 0.3) is 0 Å². The molecule has 1 N–H and O–H groups in total. The van der Waals surface area contributed by atoms with Gasteiger partial charge >= 0.3 is 0 Å². The zero-order valence-corrected chi connectivity index (χ0v) is 7.41. The van der Waals surface area contributed by atoms with Gasteiger partial charge in [-0.1, -0.05) is 26.7 Å². The molecular formula is C9H17N. The van der Waals surface area contributed by atoms with Crippen LogP contribution in [0.2, 0.25) is 0 Å². The number of hydrogen-bond donors (Lipinski definition) is 1. The zero-order chi connectivity index (χ0) is 8.04. The van der Waals surface area contributed by atoms with Crippen LogP contribution in [0.5, 0.6) is 0 Å². The minimum Gasteiger partial charge on any atom is -0.306 e. The summed E-state index contributed by atoms with van der Waals surface area (Å²) in [5.41, 5.74) is 0.370. The maximum atomic E-state index is 3.25. The molecule has 0 unspecified atom stereocenters. The van der Waals surface area contributed by atoms with Crippen LogP contribution in [0, 0.1) is 17.3 Å². The number of nitrogens with one attached hydrogen (secondary N) is 1. The summed E-state index contributed by atoms with van der Waals surface area (Å²) in [4.78, 5) is 0. The fourth-order valence-corrected chi connectivity index (χ4v) is 0.588. The van der Waals surface area contributed by atoms with Crippen LogP contribution in [-0.4, -0.2) is 13.1 Å². The van der Waals surface area contributed by atoms with Crippen LogP contribution in [0.3, 0.4) is 0 Å². The van der Waals surface area contributed by atoms with Crippen molar-refractivity contribution in [3.8, 4) is 11.8 Å². The third kappa shape index (κ3) is 7.52. The largest absolute Gasteiger partial charge is 0.306 e. The fraction of sp³-hybridized carbons (Fsp3) is 0.778. The first kappa shape index (κ1) is 9.52. The summed E-state index contributed by atoms with van der Waals surface area (Å²) in [6, 6.07) is 0. The minimum atomic E-state index is 0.370. The molecule has 0 fully saturated rings. The van der Waals surface area contributed by atoms with Crippen molar-refractivity contribution >= 4 is 0 Å². The van der Waals surface area contributed by atoms with E-state index < -0.39 is 0 Å². The first-order chi connectivity index (χ1) is 4.56. The first-order valence-electron chi connectivity index (χ1n) is 3.66. The second kappa shape index (κ2) is 4.35. The molecule has 0 aliphatic heterocycles. The first-order valence-corrected chi connectivity index (χ1v) is 3.66. The smallest absolute Gasteiger partial charge is 0.0576 e. The van der Waals surface area contributed by atoms with E-state index >= 15 is 0 Å². The van der Waals surface area contributed by atoms with E-state index in [4.69, 9.17) is 0 Å². The molecule has 0 aromatic carbocycles. The molecule has 10 heavy (non-hydrogen) atoms. The number of hydrogen-bond acceptors (Lipinski definition) is 1. The molecule has 1 nitrogen and oxygen atoms in total. The molecule has 0 aromatic rings. The van der Waals surface area contributed by atoms with Crippen LogP contribution in [-0.2, 0) is 0 Å². The zero-order valence-electron chi connectivity index (χ0n) is 7.41. The van der Waals surface area contributed by atoms with Gasteiger partial charge in [-0.3, -0.25) is 0 Å². The quantitative estimate of drug-likeness (QED) is 0.453. The maximum absolute atomic E-state index is 3.25. The van der Waals surface area contributed by atoms with Crippen molar-refractivity contribution in [2.75, 3.05) is 13.1 Å². The van der Waals surface area contributed by atoms with Gasteiger partial charge in [0.1, 0.15) is 0 Å². The van der Waals surface area contributed by atoms with Crippen molar-refractivity contribution in [1.82, 2.24) is 5.32 Å². The van der Waals surface area contributed by atoms with Gasteiger partial charge in [-0.25, -0.2) is 0 Å². The highest BCUT2D eigenvalue weighted by Crippen LogP contribution is 2.09. The Morgan fingerprint density at radius 3 is 2.30 bits per heavy atom. The van der Waals surface area contributed by atoms with Crippen LogP contribution >= 0.6 is 0 Å². The Balaban J connectivity index is 3.26. The summed E-state index contributed by atoms with van der Waals surface area (Å²) in [5.74, 6) is 5.80. The molecule has 1 heteroatoms. The minimum absolute atomic E-state index is 0.370. The Hall–Kier alpha value is -0.480. The second-order valence-corrected chi connectivity index (χ2v) is 3.59. The second-order valence-electron chi connectivity index (χ2n) is 3.59. The summed E-state index contributed by atoms with van der Waals surface area (Å²) < 4.78 is 0. The monoisotopic (exact) mass is 139 g/mol. The lowest BCUT2D eigenvalue weighted by Gasteiger charge is -2.17. The molecule has 0 rings (SSSR count). The van der Waals surface area contributed by atoms with Crippen molar-refractivity contribution in [3.05, 3.63) is 0 Å². The Kier molecular flexibility index (Phi) is 4.14. The van der Waals surface area contributed by atoms with Gasteiger partial charge in [0.2, 0.25) is 0 Å². The topological polar surface area (TPSA) is 12.0 Å². The van der Waals surface area contributed by atoms with Crippen molar-refractivity contribution in [3.63, 3.8) is 0 Å². The van der Waals surface area contributed by atoms with Crippen LogP contribution in [0.15, 0.2) is 0 Å². The van der Waals surface area contributed by atoms with Crippen LogP contribution in [0.25, 0.3) is 0 Å². The summed E-state index contributed by atoms with van der Waals surface area (Å²) in [6.07, 6.45) is 0. The average molecular weight is 139 g/mol. The Bertz CT molecular complexity index is 131. The van der Waals surface area contributed by atoms with E-state index in [0.717, 1.165) is 13.1 Å². The molecule has 0 aliphatic carbocycles. The highest BCUT2D eigenvalue weighted by molar-refractivity contribution is 4.97. The van der Waals surface area contributed by atoms with E-state index in [0.29, 0.717) is 5.41 Å². The van der Waals surface area contributed by atoms with Gasteiger partial charge in [0, 0.05) is 6.54 Å². The Labute approximate surface area is 64.2 Å². The predicted octanol–water partition coefficient (Wildman–Crippen LogP) is 1.65. The predicted molar refractivity (Wildman–Crippen MR) is 45.8 cm³/mol. The van der Waals surface area contributed by atoms with Crippen molar-refractivity contribution in [1.29, 1.82) is 0 Å². The summed E-state index contributed by atoms with van der Waals surface area (Å²) in [5, 5.41) is 3.25. The summed E-state index contributed by atoms with van der Waals surface area (Å²) in [6.45, 7) is 10.3. The molecule has 0 spiro atoms. The normalized spacial score (nSPS) is 10.4. The fourth-order valence-electron chi connectivity index (χ4n) is 0.588. The molecule has 0 heterocycles. The van der Waals surface area contributed by atoms with Crippen LogP contribution in [0.4, 0.5) is 0 Å². The van der Waals surface area contributed by atoms with Gasteiger partial charge in [-0.2, -0.15) is 0 Å². The van der Waals surface area contributed by atoms with Gasteiger partial charge < -0.3 is 5.32 Å². The third-order valence-corrected chi connectivity index (χ3v) is 1.05. The van der Waals surface area contributed by atoms with Gasteiger partial charge in [-0.15, -0.1) is 5.92 Å². The molecule has 0 aromatic heterocycles.